The number of hydrogen-bond acceptors (Lipinski definition) is 0. The lowest BCUT2D eigenvalue weighted by atomic mass is 9.63. The van der Waals surface area contributed by atoms with E-state index in [9.17, 15) is 26.3 Å². The molecule has 1 fully saturated rings. The van der Waals surface area contributed by atoms with Crippen molar-refractivity contribution in [3.05, 3.63) is 12.2 Å². The van der Waals surface area contributed by atoms with Crippen LogP contribution in [0.25, 0.3) is 0 Å². The van der Waals surface area contributed by atoms with Crippen LogP contribution in [0.4, 0.5) is 26.3 Å². The molecule has 0 aromatic carbocycles. The molecule has 0 aromatic rings. The first-order valence-corrected chi connectivity index (χ1v) is 11.9. The summed E-state index contributed by atoms with van der Waals surface area (Å²) in [5.41, 5.74) is -2.77. The van der Waals surface area contributed by atoms with Gasteiger partial charge in [-0.25, -0.2) is 0 Å². The zero-order valence-electron chi connectivity index (χ0n) is 20.0. The van der Waals surface area contributed by atoms with Crippen molar-refractivity contribution in [3.8, 4) is 0 Å². The third-order valence-electron chi connectivity index (χ3n) is 7.58. The molecule has 31 heavy (non-hydrogen) atoms. The monoisotopic (exact) mass is 456 g/mol. The fraction of sp³-hybridized carbons (Fsp3) is 0.920. The number of alkyl halides is 6. The highest BCUT2D eigenvalue weighted by atomic mass is 19.4. The summed E-state index contributed by atoms with van der Waals surface area (Å²) in [7, 11) is 0. The molecule has 0 aromatic heterocycles. The Kier molecular flexibility index (Phi) is 10.5. The van der Waals surface area contributed by atoms with Crippen LogP contribution in [0.2, 0.25) is 0 Å². The van der Waals surface area contributed by atoms with Crippen molar-refractivity contribution >= 4 is 0 Å². The van der Waals surface area contributed by atoms with Gasteiger partial charge in [0.15, 0.2) is 0 Å². The maximum atomic E-state index is 14.6. The van der Waals surface area contributed by atoms with Gasteiger partial charge in [0.05, 0.1) is 11.8 Å². The molecule has 0 saturated heterocycles. The van der Waals surface area contributed by atoms with E-state index in [1.807, 2.05) is 27.7 Å². The summed E-state index contributed by atoms with van der Waals surface area (Å²) in [5, 5.41) is 0. The third-order valence-corrected chi connectivity index (χ3v) is 7.58. The van der Waals surface area contributed by atoms with Gasteiger partial charge in [0.1, 0.15) is 0 Å². The molecule has 6 heteroatoms. The number of hydrogen-bond donors (Lipinski definition) is 0. The summed E-state index contributed by atoms with van der Waals surface area (Å²) in [4.78, 5) is 0. The third kappa shape index (κ3) is 8.64. The van der Waals surface area contributed by atoms with E-state index in [1.54, 1.807) is 6.08 Å². The van der Waals surface area contributed by atoms with Crippen molar-refractivity contribution in [2.45, 2.75) is 105 Å². The minimum atomic E-state index is -4.92. The van der Waals surface area contributed by atoms with E-state index in [4.69, 9.17) is 0 Å². The van der Waals surface area contributed by atoms with Crippen molar-refractivity contribution in [3.63, 3.8) is 0 Å². The molecule has 0 bridgehead atoms. The molecular weight excluding hydrogens is 414 g/mol. The molecule has 6 atom stereocenters. The average molecular weight is 457 g/mol. The Balaban J connectivity index is 3.35. The molecule has 0 N–H and O–H groups in total. The summed E-state index contributed by atoms with van der Waals surface area (Å²) in [6, 6.07) is 0. The molecule has 0 amide bonds. The lowest BCUT2D eigenvalue weighted by Gasteiger charge is -2.44. The predicted octanol–water partition coefficient (Wildman–Crippen LogP) is 9.60. The van der Waals surface area contributed by atoms with E-state index in [1.165, 1.54) is 6.08 Å². The van der Waals surface area contributed by atoms with E-state index in [-0.39, 0.29) is 30.6 Å². The molecule has 1 aliphatic carbocycles. The van der Waals surface area contributed by atoms with E-state index in [2.05, 4.69) is 13.8 Å². The fourth-order valence-corrected chi connectivity index (χ4v) is 5.04. The van der Waals surface area contributed by atoms with Crippen LogP contribution >= 0.6 is 0 Å². The molecule has 1 saturated carbocycles. The maximum absolute atomic E-state index is 14.6. The van der Waals surface area contributed by atoms with Crippen molar-refractivity contribution < 1.29 is 26.3 Å². The van der Waals surface area contributed by atoms with Crippen molar-refractivity contribution in [2.75, 3.05) is 0 Å². The van der Waals surface area contributed by atoms with E-state index >= 15 is 0 Å². The topological polar surface area (TPSA) is 0 Å². The molecule has 184 valence electrons. The summed E-state index contributed by atoms with van der Waals surface area (Å²) in [6.45, 7) is 11.6. The van der Waals surface area contributed by atoms with Crippen molar-refractivity contribution in [1.29, 1.82) is 0 Å². The van der Waals surface area contributed by atoms with Crippen LogP contribution < -0.4 is 0 Å². The van der Waals surface area contributed by atoms with Crippen molar-refractivity contribution in [1.82, 2.24) is 0 Å². The Bertz CT molecular complexity index is 547. The van der Waals surface area contributed by atoms with Gasteiger partial charge in [-0.3, -0.25) is 0 Å². The molecule has 0 radical (unpaired) electrons. The molecule has 0 heterocycles. The average Bonchev–Trinajstić information content (AvgIpc) is 2.62. The first-order chi connectivity index (χ1) is 14.1. The van der Waals surface area contributed by atoms with Gasteiger partial charge in [0.2, 0.25) is 0 Å². The Morgan fingerprint density at radius 2 is 1.52 bits per heavy atom. The summed E-state index contributed by atoms with van der Waals surface area (Å²) >= 11 is 0. The van der Waals surface area contributed by atoms with Gasteiger partial charge in [-0.15, -0.1) is 0 Å². The van der Waals surface area contributed by atoms with E-state index in [0.29, 0.717) is 18.3 Å². The normalized spacial score (nSPS) is 27.5. The van der Waals surface area contributed by atoms with Gasteiger partial charge in [-0.2, -0.15) is 26.3 Å². The molecule has 1 aliphatic rings. The number of allylic oxidation sites excluding steroid dienone is 2. The second kappa shape index (κ2) is 11.4. The summed E-state index contributed by atoms with van der Waals surface area (Å²) < 4.78 is 84.6. The fourth-order valence-electron chi connectivity index (χ4n) is 5.04. The first-order valence-electron chi connectivity index (χ1n) is 11.9. The van der Waals surface area contributed by atoms with Crippen LogP contribution in [0.5, 0.6) is 0 Å². The zero-order chi connectivity index (χ0) is 24.0. The maximum Gasteiger partial charge on any atom is 0.395 e. The number of halogens is 6. The van der Waals surface area contributed by atoms with E-state index in [0.717, 1.165) is 19.3 Å². The molecular formula is C25H42F6. The summed E-state index contributed by atoms with van der Waals surface area (Å²) in [5.74, 6) is -0.278. The second-order valence-corrected chi connectivity index (χ2v) is 10.6. The SMILES string of the molecule is CCC(C)CC(/C=C\C(C)C)[C@](CC[C@@H]1CCC(C)C(C)C1)(CC(F)(F)F)C(F)(F)F. The quantitative estimate of drug-likeness (QED) is 0.227. The standard InChI is InChI=1S/C25H42F6/c1-7-18(4)14-22(11-8-17(2)3)23(25(29,30)31,16-24(26,27)28)13-12-21-10-9-19(5)20(6)15-21/h8,11,17-22H,7,9-10,12-16H2,1-6H3/b11-8-/t18?,19?,20?,21-,22?,23-/m0/s1. The smallest absolute Gasteiger partial charge is 0.171 e. The molecule has 1 rings (SSSR count). The highest BCUT2D eigenvalue weighted by Crippen LogP contribution is 2.57. The van der Waals surface area contributed by atoms with Crippen molar-refractivity contribution in [2.24, 2.45) is 40.9 Å². The highest BCUT2D eigenvalue weighted by molar-refractivity contribution is 5.05. The second-order valence-electron chi connectivity index (χ2n) is 10.6. The highest BCUT2D eigenvalue weighted by Gasteiger charge is 2.62. The van der Waals surface area contributed by atoms with Gasteiger partial charge in [-0.05, 0) is 61.2 Å². The van der Waals surface area contributed by atoms with E-state index < -0.39 is 36.5 Å². The number of rotatable bonds is 10. The van der Waals surface area contributed by atoms with Gasteiger partial charge in [-0.1, -0.05) is 73.0 Å². The van der Waals surface area contributed by atoms with Gasteiger partial charge < -0.3 is 0 Å². The van der Waals surface area contributed by atoms with Crippen LogP contribution in [0.15, 0.2) is 12.2 Å². The molecule has 0 spiro atoms. The van der Waals surface area contributed by atoms with Crippen LogP contribution in [-0.2, 0) is 0 Å². The predicted molar refractivity (Wildman–Crippen MR) is 116 cm³/mol. The largest absolute Gasteiger partial charge is 0.395 e. The van der Waals surface area contributed by atoms with Gasteiger partial charge in [0.25, 0.3) is 0 Å². The Hall–Kier alpha value is -0.680. The van der Waals surface area contributed by atoms with Crippen LogP contribution in [0.1, 0.15) is 92.9 Å². The lowest BCUT2D eigenvalue weighted by Crippen LogP contribution is -2.48. The Labute approximate surface area is 185 Å². The van der Waals surface area contributed by atoms with Crippen LogP contribution in [0, 0.1) is 40.9 Å². The van der Waals surface area contributed by atoms with Gasteiger partial charge in [0, 0.05) is 0 Å². The zero-order valence-corrected chi connectivity index (χ0v) is 20.0. The first kappa shape index (κ1) is 28.4. The minimum Gasteiger partial charge on any atom is -0.171 e. The molecule has 0 aliphatic heterocycles. The lowest BCUT2D eigenvalue weighted by molar-refractivity contribution is -0.281. The Morgan fingerprint density at radius 3 is 1.97 bits per heavy atom. The molecule has 4 unspecified atom stereocenters. The van der Waals surface area contributed by atoms with Crippen LogP contribution in [0.3, 0.4) is 0 Å². The summed E-state index contributed by atoms with van der Waals surface area (Å²) in [6.07, 6.45) is -5.43. The Morgan fingerprint density at radius 1 is 0.903 bits per heavy atom. The minimum absolute atomic E-state index is 0.0167. The van der Waals surface area contributed by atoms with Crippen LogP contribution in [-0.4, -0.2) is 12.4 Å². The molecule has 0 nitrogen and oxygen atoms in total. The van der Waals surface area contributed by atoms with Gasteiger partial charge >= 0.3 is 12.4 Å².